The number of morpholine rings is 1. The van der Waals surface area contributed by atoms with Gasteiger partial charge in [0.25, 0.3) is 0 Å². The molecule has 2 N–H and O–H groups in total. The standard InChI is InChI=1S/C14H20N2O4/c1-18-12-5-10(6-13(8-12)19-2)16-14(17)7-11-9-20-4-3-15-11/h5-6,8,11,15H,3-4,7,9H2,1-2H3,(H,16,17). The van der Waals surface area contributed by atoms with Gasteiger partial charge < -0.3 is 24.8 Å². The summed E-state index contributed by atoms with van der Waals surface area (Å²) in [5.41, 5.74) is 0.655. The van der Waals surface area contributed by atoms with Crippen LogP contribution in [0.1, 0.15) is 6.42 Å². The van der Waals surface area contributed by atoms with Gasteiger partial charge in [0.05, 0.1) is 27.4 Å². The van der Waals surface area contributed by atoms with E-state index >= 15 is 0 Å². The number of carbonyl (C=O) groups is 1. The maximum Gasteiger partial charge on any atom is 0.226 e. The lowest BCUT2D eigenvalue weighted by Gasteiger charge is -2.23. The summed E-state index contributed by atoms with van der Waals surface area (Å²) in [5.74, 6) is 1.21. The van der Waals surface area contributed by atoms with E-state index in [0.717, 1.165) is 6.54 Å². The van der Waals surface area contributed by atoms with Gasteiger partial charge in [-0.2, -0.15) is 0 Å². The van der Waals surface area contributed by atoms with Gasteiger partial charge >= 0.3 is 0 Å². The number of ether oxygens (including phenoxy) is 3. The molecular formula is C14H20N2O4. The summed E-state index contributed by atoms with van der Waals surface area (Å²) < 4.78 is 15.7. The van der Waals surface area contributed by atoms with E-state index in [9.17, 15) is 4.79 Å². The minimum absolute atomic E-state index is 0.0660. The molecule has 2 rings (SSSR count). The van der Waals surface area contributed by atoms with Gasteiger partial charge in [0.2, 0.25) is 5.91 Å². The fraction of sp³-hybridized carbons (Fsp3) is 0.500. The molecule has 110 valence electrons. The third-order valence-corrected chi connectivity index (χ3v) is 3.07. The van der Waals surface area contributed by atoms with Crippen molar-refractivity contribution in [2.24, 2.45) is 0 Å². The molecule has 1 saturated heterocycles. The number of methoxy groups -OCH3 is 2. The van der Waals surface area contributed by atoms with Crippen molar-refractivity contribution in [2.45, 2.75) is 12.5 Å². The second-order valence-electron chi connectivity index (χ2n) is 4.58. The first kappa shape index (κ1) is 14.6. The molecule has 0 bridgehead atoms. The molecule has 6 nitrogen and oxygen atoms in total. The molecule has 0 aliphatic carbocycles. The van der Waals surface area contributed by atoms with Gasteiger partial charge in [-0.15, -0.1) is 0 Å². The van der Waals surface area contributed by atoms with E-state index in [1.54, 1.807) is 32.4 Å². The Morgan fingerprint density at radius 2 is 2.05 bits per heavy atom. The second-order valence-corrected chi connectivity index (χ2v) is 4.58. The molecule has 0 saturated carbocycles. The minimum Gasteiger partial charge on any atom is -0.497 e. The summed E-state index contributed by atoms with van der Waals surface area (Å²) >= 11 is 0. The van der Waals surface area contributed by atoms with E-state index in [1.165, 1.54) is 0 Å². The SMILES string of the molecule is COc1cc(NC(=O)CC2COCCN2)cc(OC)c1. The lowest BCUT2D eigenvalue weighted by Crippen LogP contribution is -2.43. The summed E-state index contributed by atoms with van der Waals surface area (Å²) in [6.07, 6.45) is 0.375. The maximum atomic E-state index is 12.0. The van der Waals surface area contributed by atoms with Crippen molar-refractivity contribution in [3.8, 4) is 11.5 Å². The monoisotopic (exact) mass is 280 g/mol. The quantitative estimate of drug-likeness (QED) is 0.843. The minimum atomic E-state index is -0.0664. The van der Waals surface area contributed by atoms with Gasteiger partial charge in [-0.25, -0.2) is 0 Å². The Kier molecular flexibility index (Phi) is 5.20. The number of rotatable bonds is 5. The van der Waals surface area contributed by atoms with Crippen molar-refractivity contribution in [3.05, 3.63) is 18.2 Å². The molecule has 0 radical (unpaired) electrons. The molecule has 1 aliphatic rings. The van der Waals surface area contributed by atoms with Crippen LogP contribution in [0.4, 0.5) is 5.69 Å². The van der Waals surface area contributed by atoms with Crippen molar-refractivity contribution in [2.75, 3.05) is 39.3 Å². The number of amides is 1. The van der Waals surface area contributed by atoms with E-state index in [0.29, 0.717) is 36.8 Å². The zero-order valence-corrected chi connectivity index (χ0v) is 11.8. The normalized spacial score (nSPS) is 18.4. The van der Waals surface area contributed by atoms with Gasteiger partial charge in [-0.05, 0) is 0 Å². The Morgan fingerprint density at radius 1 is 1.35 bits per heavy atom. The first-order valence-electron chi connectivity index (χ1n) is 6.55. The molecule has 6 heteroatoms. The number of anilines is 1. The van der Waals surface area contributed by atoms with Crippen LogP contribution in [0.25, 0.3) is 0 Å². The number of nitrogens with one attached hydrogen (secondary N) is 2. The van der Waals surface area contributed by atoms with Crippen molar-refractivity contribution < 1.29 is 19.0 Å². The smallest absolute Gasteiger partial charge is 0.226 e. The largest absolute Gasteiger partial charge is 0.497 e. The molecule has 1 unspecified atom stereocenters. The van der Waals surface area contributed by atoms with Crippen molar-refractivity contribution in [3.63, 3.8) is 0 Å². The fourth-order valence-electron chi connectivity index (χ4n) is 2.07. The van der Waals surface area contributed by atoms with Crippen LogP contribution >= 0.6 is 0 Å². The van der Waals surface area contributed by atoms with Gasteiger partial charge in [-0.1, -0.05) is 0 Å². The topological polar surface area (TPSA) is 68.8 Å². The van der Waals surface area contributed by atoms with Crippen LogP contribution in [0.2, 0.25) is 0 Å². The summed E-state index contributed by atoms with van der Waals surface area (Å²) in [7, 11) is 3.15. The highest BCUT2D eigenvalue weighted by Gasteiger charge is 2.17. The molecule has 0 aromatic heterocycles. The Bertz CT molecular complexity index is 436. The maximum absolute atomic E-state index is 12.0. The van der Waals surface area contributed by atoms with Gasteiger partial charge in [0.1, 0.15) is 11.5 Å². The van der Waals surface area contributed by atoms with Crippen LogP contribution in [-0.2, 0) is 9.53 Å². The van der Waals surface area contributed by atoms with E-state index < -0.39 is 0 Å². The molecule has 1 amide bonds. The molecule has 1 aromatic rings. The van der Waals surface area contributed by atoms with Gasteiger partial charge in [-0.3, -0.25) is 4.79 Å². The molecule has 1 aliphatic heterocycles. The Morgan fingerprint density at radius 3 is 2.60 bits per heavy atom. The summed E-state index contributed by atoms with van der Waals surface area (Å²) in [4.78, 5) is 12.0. The van der Waals surface area contributed by atoms with Crippen LogP contribution in [-0.4, -0.2) is 45.9 Å². The molecule has 0 spiro atoms. The molecule has 1 fully saturated rings. The van der Waals surface area contributed by atoms with Gasteiger partial charge in [0, 0.05) is 42.9 Å². The van der Waals surface area contributed by atoms with Crippen LogP contribution in [0, 0.1) is 0 Å². The van der Waals surface area contributed by atoms with Crippen molar-refractivity contribution in [1.29, 1.82) is 0 Å². The van der Waals surface area contributed by atoms with Crippen LogP contribution < -0.4 is 20.1 Å². The highest BCUT2D eigenvalue weighted by molar-refractivity contribution is 5.91. The molecule has 1 atom stereocenters. The van der Waals surface area contributed by atoms with Crippen molar-refractivity contribution in [1.82, 2.24) is 5.32 Å². The average Bonchev–Trinajstić information content (AvgIpc) is 2.47. The van der Waals surface area contributed by atoms with E-state index in [4.69, 9.17) is 14.2 Å². The molecule has 1 aromatic carbocycles. The first-order valence-corrected chi connectivity index (χ1v) is 6.55. The zero-order chi connectivity index (χ0) is 14.4. The Hall–Kier alpha value is -1.79. The second kappa shape index (κ2) is 7.12. The lowest BCUT2D eigenvalue weighted by molar-refractivity contribution is -0.117. The molecule has 20 heavy (non-hydrogen) atoms. The summed E-state index contributed by atoms with van der Waals surface area (Å²) in [6.45, 7) is 2.05. The Labute approximate surface area is 118 Å². The van der Waals surface area contributed by atoms with Crippen molar-refractivity contribution >= 4 is 11.6 Å². The third-order valence-electron chi connectivity index (χ3n) is 3.07. The highest BCUT2D eigenvalue weighted by Crippen LogP contribution is 2.25. The fourth-order valence-corrected chi connectivity index (χ4v) is 2.07. The van der Waals surface area contributed by atoms with E-state index in [-0.39, 0.29) is 11.9 Å². The third kappa shape index (κ3) is 4.11. The van der Waals surface area contributed by atoms with Gasteiger partial charge in [0.15, 0.2) is 0 Å². The van der Waals surface area contributed by atoms with Crippen LogP contribution in [0.3, 0.4) is 0 Å². The number of hydrogen-bond acceptors (Lipinski definition) is 5. The molecular weight excluding hydrogens is 260 g/mol. The summed E-state index contributed by atoms with van der Waals surface area (Å²) in [6, 6.07) is 5.33. The summed E-state index contributed by atoms with van der Waals surface area (Å²) in [5, 5.41) is 6.09. The molecule has 1 heterocycles. The zero-order valence-electron chi connectivity index (χ0n) is 11.8. The number of benzene rings is 1. The van der Waals surface area contributed by atoms with E-state index in [1.807, 2.05) is 0 Å². The lowest BCUT2D eigenvalue weighted by atomic mass is 10.2. The predicted octanol–water partition coefficient (Wildman–Crippen LogP) is 1.02. The number of hydrogen-bond donors (Lipinski definition) is 2. The van der Waals surface area contributed by atoms with Crippen LogP contribution in [0.15, 0.2) is 18.2 Å². The first-order chi connectivity index (χ1) is 9.71. The highest BCUT2D eigenvalue weighted by atomic mass is 16.5. The average molecular weight is 280 g/mol. The number of carbonyl (C=O) groups excluding carboxylic acids is 1. The Balaban J connectivity index is 1.95. The van der Waals surface area contributed by atoms with Crippen LogP contribution in [0.5, 0.6) is 11.5 Å². The predicted molar refractivity (Wildman–Crippen MR) is 75.4 cm³/mol. The van der Waals surface area contributed by atoms with E-state index in [2.05, 4.69) is 10.6 Å².